The van der Waals surface area contributed by atoms with Crippen LogP contribution in [0.1, 0.15) is 44.3 Å². The van der Waals surface area contributed by atoms with Crippen LogP contribution in [0.15, 0.2) is 71.8 Å². The van der Waals surface area contributed by atoms with E-state index in [1.807, 2.05) is 56.3 Å². The van der Waals surface area contributed by atoms with Crippen molar-refractivity contribution >= 4 is 44.6 Å². The highest BCUT2D eigenvalue weighted by Gasteiger charge is 2.21. The number of thiazole rings is 1. The molecule has 1 amide bonds. The van der Waals surface area contributed by atoms with Gasteiger partial charge in [-0.25, -0.2) is 4.98 Å². The predicted octanol–water partition coefficient (Wildman–Crippen LogP) is 5.80. The molecule has 4 rings (SSSR count). The van der Waals surface area contributed by atoms with Crippen LogP contribution in [-0.2, 0) is 0 Å². The SMILES string of the molecule is CC(=O)c1ccc(C(=O)N(/N=C/c2ccc(C)cc2)c2nc3ccc(C)cc3s2)cc1. The number of aromatic nitrogens is 1. The lowest BCUT2D eigenvalue weighted by Gasteiger charge is -2.14. The Kier molecular flexibility index (Phi) is 5.73. The number of hydrazone groups is 1. The lowest BCUT2D eigenvalue weighted by atomic mass is 10.1. The fourth-order valence-corrected chi connectivity index (χ4v) is 4.07. The zero-order valence-corrected chi connectivity index (χ0v) is 18.3. The number of aryl methyl sites for hydroxylation is 2. The van der Waals surface area contributed by atoms with Gasteiger partial charge in [-0.3, -0.25) is 9.59 Å². The second kappa shape index (κ2) is 8.62. The molecule has 5 nitrogen and oxygen atoms in total. The van der Waals surface area contributed by atoms with Crippen molar-refractivity contribution < 1.29 is 9.59 Å². The second-order valence-corrected chi connectivity index (χ2v) is 8.38. The Morgan fingerprint density at radius 3 is 2.23 bits per heavy atom. The quantitative estimate of drug-likeness (QED) is 0.230. The standard InChI is InChI=1S/C25H21N3O2S/c1-16-4-7-19(8-5-16)15-26-28(24(30)21-11-9-20(10-12-21)18(3)29)25-27-22-13-6-17(2)14-23(22)31-25/h4-15H,1-3H3/b26-15+. The largest absolute Gasteiger partial charge is 0.295 e. The smallest absolute Gasteiger partial charge is 0.280 e. The number of carbonyl (C=O) groups is 2. The number of Topliss-reactive ketones (excluding diaryl/α,β-unsaturated/α-hetero) is 1. The molecule has 0 aliphatic heterocycles. The van der Waals surface area contributed by atoms with E-state index in [2.05, 4.69) is 10.1 Å². The van der Waals surface area contributed by atoms with Crippen molar-refractivity contribution in [3.8, 4) is 0 Å². The molecule has 0 aliphatic carbocycles. The number of hydrogen-bond acceptors (Lipinski definition) is 5. The Morgan fingerprint density at radius 1 is 0.903 bits per heavy atom. The highest BCUT2D eigenvalue weighted by atomic mass is 32.1. The molecular weight excluding hydrogens is 406 g/mol. The van der Waals surface area contributed by atoms with Crippen molar-refractivity contribution in [3.05, 3.63) is 94.5 Å². The fourth-order valence-electron chi connectivity index (χ4n) is 3.05. The molecule has 0 saturated carbocycles. The average molecular weight is 428 g/mol. The molecule has 0 unspecified atom stereocenters. The van der Waals surface area contributed by atoms with Crippen molar-refractivity contribution in [2.75, 3.05) is 5.01 Å². The van der Waals surface area contributed by atoms with Crippen molar-refractivity contribution in [2.24, 2.45) is 5.10 Å². The Balaban J connectivity index is 1.74. The first-order valence-corrected chi connectivity index (χ1v) is 10.7. The maximum atomic E-state index is 13.3. The summed E-state index contributed by atoms with van der Waals surface area (Å²) >= 11 is 1.41. The summed E-state index contributed by atoms with van der Waals surface area (Å²) in [7, 11) is 0. The molecule has 0 atom stereocenters. The van der Waals surface area contributed by atoms with Crippen LogP contribution in [0.4, 0.5) is 5.13 Å². The summed E-state index contributed by atoms with van der Waals surface area (Å²) in [6, 6.07) is 20.5. The molecule has 4 aromatic rings. The van der Waals surface area contributed by atoms with Gasteiger partial charge in [0.05, 0.1) is 16.4 Å². The number of carbonyl (C=O) groups excluding carboxylic acids is 2. The summed E-state index contributed by atoms with van der Waals surface area (Å²) in [6.45, 7) is 5.54. The third-order valence-corrected chi connectivity index (χ3v) is 5.84. The van der Waals surface area contributed by atoms with Gasteiger partial charge in [0, 0.05) is 11.1 Å². The summed E-state index contributed by atoms with van der Waals surface area (Å²) in [5.74, 6) is -0.357. The molecule has 0 saturated heterocycles. The summed E-state index contributed by atoms with van der Waals surface area (Å²) < 4.78 is 0.991. The third kappa shape index (κ3) is 4.59. The summed E-state index contributed by atoms with van der Waals surface area (Å²) in [6.07, 6.45) is 1.65. The topological polar surface area (TPSA) is 62.6 Å². The zero-order valence-electron chi connectivity index (χ0n) is 17.5. The predicted molar refractivity (Wildman–Crippen MR) is 126 cm³/mol. The van der Waals surface area contributed by atoms with E-state index in [-0.39, 0.29) is 11.7 Å². The third-order valence-electron chi connectivity index (χ3n) is 4.84. The van der Waals surface area contributed by atoms with Crippen LogP contribution < -0.4 is 5.01 Å². The number of rotatable bonds is 5. The second-order valence-electron chi connectivity index (χ2n) is 7.37. The van der Waals surface area contributed by atoms with Gasteiger partial charge in [-0.15, -0.1) is 0 Å². The molecular formula is C25H21N3O2S. The number of amides is 1. The van der Waals surface area contributed by atoms with Crippen LogP contribution in [0.5, 0.6) is 0 Å². The van der Waals surface area contributed by atoms with Gasteiger partial charge in [-0.2, -0.15) is 10.1 Å². The molecule has 31 heavy (non-hydrogen) atoms. The van der Waals surface area contributed by atoms with E-state index in [4.69, 9.17) is 0 Å². The van der Waals surface area contributed by atoms with E-state index < -0.39 is 0 Å². The monoisotopic (exact) mass is 427 g/mol. The first-order chi connectivity index (χ1) is 14.9. The summed E-state index contributed by atoms with van der Waals surface area (Å²) in [4.78, 5) is 29.5. The minimum Gasteiger partial charge on any atom is -0.295 e. The van der Waals surface area contributed by atoms with E-state index in [9.17, 15) is 9.59 Å². The lowest BCUT2D eigenvalue weighted by molar-refractivity contribution is 0.0983. The molecule has 0 bridgehead atoms. The van der Waals surface area contributed by atoms with Crippen LogP contribution in [0.3, 0.4) is 0 Å². The maximum Gasteiger partial charge on any atom is 0.280 e. The molecule has 0 fully saturated rings. The lowest BCUT2D eigenvalue weighted by Crippen LogP contribution is -2.25. The Bertz CT molecular complexity index is 1290. The summed E-state index contributed by atoms with van der Waals surface area (Å²) in [5.41, 5.74) is 4.97. The van der Waals surface area contributed by atoms with E-state index in [0.29, 0.717) is 16.3 Å². The van der Waals surface area contributed by atoms with Crippen LogP contribution >= 0.6 is 11.3 Å². The van der Waals surface area contributed by atoms with Gasteiger partial charge < -0.3 is 0 Å². The number of fused-ring (bicyclic) bond motifs is 1. The van der Waals surface area contributed by atoms with Gasteiger partial charge in [0.15, 0.2) is 5.78 Å². The first kappa shape index (κ1) is 20.6. The average Bonchev–Trinajstić information content (AvgIpc) is 3.17. The number of nitrogens with zero attached hydrogens (tertiary/aromatic N) is 3. The van der Waals surface area contributed by atoms with Gasteiger partial charge in [0.1, 0.15) is 0 Å². The minimum absolute atomic E-state index is 0.0465. The normalized spacial score (nSPS) is 11.2. The number of hydrogen-bond donors (Lipinski definition) is 0. The molecule has 154 valence electrons. The molecule has 1 heterocycles. The highest BCUT2D eigenvalue weighted by Crippen LogP contribution is 2.30. The molecule has 6 heteroatoms. The van der Waals surface area contributed by atoms with Crippen LogP contribution in [0, 0.1) is 13.8 Å². The molecule has 1 aromatic heterocycles. The van der Waals surface area contributed by atoms with E-state index in [1.54, 1.807) is 30.5 Å². The first-order valence-electron chi connectivity index (χ1n) is 9.84. The minimum atomic E-state index is -0.311. The Hall–Kier alpha value is -3.64. The van der Waals surface area contributed by atoms with Crippen molar-refractivity contribution in [1.82, 2.24) is 4.98 Å². The molecule has 3 aromatic carbocycles. The number of benzene rings is 3. The van der Waals surface area contributed by atoms with Gasteiger partial charge >= 0.3 is 0 Å². The fraction of sp³-hybridized carbons (Fsp3) is 0.120. The molecule has 0 radical (unpaired) electrons. The van der Waals surface area contributed by atoms with Crippen LogP contribution in [-0.4, -0.2) is 22.9 Å². The van der Waals surface area contributed by atoms with Crippen molar-refractivity contribution in [1.29, 1.82) is 0 Å². The van der Waals surface area contributed by atoms with Gasteiger partial charge in [-0.05, 0) is 56.2 Å². The van der Waals surface area contributed by atoms with Crippen molar-refractivity contribution in [2.45, 2.75) is 20.8 Å². The maximum absolute atomic E-state index is 13.3. The van der Waals surface area contributed by atoms with E-state index in [1.165, 1.54) is 23.3 Å². The van der Waals surface area contributed by atoms with Gasteiger partial charge in [0.2, 0.25) is 5.13 Å². The Morgan fingerprint density at radius 2 is 1.55 bits per heavy atom. The van der Waals surface area contributed by atoms with Gasteiger partial charge in [-0.1, -0.05) is 59.4 Å². The van der Waals surface area contributed by atoms with Crippen LogP contribution in [0.25, 0.3) is 10.2 Å². The van der Waals surface area contributed by atoms with E-state index in [0.717, 1.165) is 26.9 Å². The molecule has 0 spiro atoms. The van der Waals surface area contributed by atoms with Gasteiger partial charge in [0.25, 0.3) is 5.91 Å². The number of anilines is 1. The van der Waals surface area contributed by atoms with Crippen LogP contribution in [0.2, 0.25) is 0 Å². The highest BCUT2D eigenvalue weighted by molar-refractivity contribution is 7.22. The molecule has 0 aliphatic rings. The number of ketones is 1. The summed E-state index contributed by atoms with van der Waals surface area (Å²) in [5, 5.41) is 6.30. The Labute approximate surface area is 184 Å². The zero-order chi connectivity index (χ0) is 22.0. The van der Waals surface area contributed by atoms with Crippen molar-refractivity contribution in [3.63, 3.8) is 0 Å². The molecule has 0 N–H and O–H groups in total. The van der Waals surface area contributed by atoms with E-state index >= 15 is 0 Å².